The first-order chi connectivity index (χ1) is 16.6. The Morgan fingerprint density at radius 2 is 1.57 bits per heavy atom. The van der Waals surface area contributed by atoms with Crippen LogP contribution >= 0.6 is 23.2 Å². The molecule has 2 fully saturated rings. The molecule has 35 heavy (non-hydrogen) atoms. The number of carbonyl (C=O) groups is 1. The maximum Gasteiger partial charge on any atom is 0.264 e. The van der Waals surface area contributed by atoms with Gasteiger partial charge >= 0.3 is 0 Å². The average molecular weight is 540 g/mol. The predicted molar refractivity (Wildman–Crippen MR) is 139 cm³/mol. The zero-order valence-electron chi connectivity index (χ0n) is 20.1. The van der Waals surface area contributed by atoms with Crippen LogP contribution in [0.25, 0.3) is 0 Å². The van der Waals surface area contributed by atoms with E-state index < -0.39 is 10.0 Å². The number of benzene rings is 2. The summed E-state index contributed by atoms with van der Waals surface area (Å²) in [4.78, 5) is 15.5. The lowest BCUT2D eigenvalue weighted by Gasteiger charge is -2.40. The van der Waals surface area contributed by atoms with E-state index in [9.17, 15) is 13.2 Å². The number of amides is 1. The van der Waals surface area contributed by atoms with Gasteiger partial charge in [-0.2, -0.15) is 0 Å². The van der Waals surface area contributed by atoms with E-state index in [0.29, 0.717) is 40.1 Å². The van der Waals surface area contributed by atoms with E-state index in [4.69, 9.17) is 27.9 Å². The summed E-state index contributed by atoms with van der Waals surface area (Å²) in [5.41, 5.74) is 1.28. The maximum atomic E-state index is 12.9. The van der Waals surface area contributed by atoms with Crippen molar-refractivity contribution in [1.29, 1.82) is 0 Å². The van der Waals surface area contributed by atoms with Crippen LogP contribution in [0.4, 0.5) is 0 Å². The van der Waals surface area contributed by atoms with Crippen molar-refractivity contribution in [2.75, 3.05) is 13.1 Å². The first-order valence-corrected chi connectivity index (χ1v) is 14.4. The van der Waals surface area contributed by atoms with Gasteiger partial charge in [0.2, 0.25) is 5.91 Å². The van der Waals surface area contributed by atoms with Gasteiger partial charge in [0.15, 0.2) is 0 Å². The molecule has 1 saturated carbocycles. The van der Waals surface area contributed by atoms with Crippen molar-refractivity contribution >= 4 is 39.1 Å². The third-order valence-electron chi connectivity index (χ3n) is 7.17. The fraction of sp³-hybridized carbons (Fsp3) is 0.500. The van der Waals surface area contributed by atoms with Gasteiger partial charge in [-0.1, -0.05) is 41.4 Å². The number of halogens is 2. The molecule has 9 heteroatoms. The highest BCUT2D eigenvalue weighted by atomic mass is 35.5. The minimum atomic E-state index is -3.88. The van der Waals surface area contributed by atoms with Crippen LogP contribution in [-0.4, -0.2) is 44.5 Å². The number of nitrogens with one attached hydrogen (secondary N) is 1. The van der Waals surface area contributed by atoms with Gasteiger partial charge in [0.1, 0.15) is 11.9 Å². The van der Waals surface area contributed by atoms with E-state index in [0.717, 1.165) is 44.5 Å². The molecule has 190 valence electrons. The zero-order chi connectivity index (χ0) is 25.2. The van der Waals surface area contributed by atoms with Crippen molar-refractivity contribution in [3.05, 3.63) is 57.6 Å². The van der Waals surface area contributed by atoms with Crippen molar-refractivity contribution in [1.82, 2.24) is 9.62 Å². The van der Waals surface area contributed by atoms with Gasteiger partial charge in [0.25, 0.3) is 10.0 Å². The summed E-state index contributed by atoms with van der Waals surface area (Å²) in [6.07, 6.45) is 5.15. The SMILES string of the molecule is Cc1cccc(C)c1S(=O)(=O)NC(=O)[C@H]1CC[C@H](N2CCC(Oc3ccc(Cl)c(Cl)c3)CC2)CC1. The van der Waals surface area contributed by atoms with E-state index in [2.05, 4.69) is 9.62 Å². The molecule has 1 saturated heterocycles. The number of piperidine rings is 1. The molecule has 1 aliphatic carbocycles. The van der Waals surface area contributed by atoms with Crippen molar-refractivity contribution in [3.63, 3.8) is 0 Å². The smallest absolute Gasteiger partial charge is 0.264 e. The van der Waals surface area contributed by atoms with Gasteiger partial charge in [-0.15, -0.1) is 0 Å². The van der Waals surface area contributed by atoms with E-state index in [1.54, 1.807) is 38.1 Å². The molecule has 1 amide bonds. The number of carbonyl (C=O) groups excluding carboxylic acids is 1. The van der Waals surface area contributed by atoms with E-state index in [1.165, 1.54) is 0 Å². The Labute approximate surface area is 218 Å². The van der Waals surface area contributed by atoms with Crippen LogP contribution in [0.1, 0.15) is 49.7 Å². The fourth-order valence-electron chi connectivity index (χ4n) is 5.29. The number of aryl methyl sites for hydroxylation is 2. The molecule has 4 rings (SSSR count). The zero-order valence-corrected chi connectivity index (χ0v) is 22.4. The summed E-state index contributed by atoms with van der Waals surface area (Å²) in [5.74, 6) is 0.0703. The molecule has 1 aliphatic heterocycles. The molecular formula is C26H32Cl2N2O4S. The lowest BCUT2D eigenvalue weighted by Crippen LogP contribution is -2.46. The van der Waals surface area contributed by atoms with Gasteiger partial charge in [0.05, 0.1) is 14.9 Å². The van der Waals surface area contributed by atoms with Crippen molar-refractivity contribution in [2.45, 2.75) is 69.4 Å². The topological polar surface area (TPSA) is 75.7 Å². The molecule has 2 aromatic carbocycles. The molecule has 2 aromatic rings. The lowest BCUT2D eigenvalue weighted by molar-refractivity contribution is -0.124. The molecular weight excluding hydrogens is 507 g/mol. The van der Waals surface area contributed by atoms with Crippen LogP contribution in [0.3, 0.4) is 0 Å². The minimum absolute atomic E-state index is 0.140. The number of ether oxygens (including phenoxy) is 1. The number of likely N-dealkylation sites (tertiary alicyclic amines) is 1. The predicted octanol–water partition coefficient (Wildman–Crippen LogP) is 5.52. The maximum absolute atomic E-state index is 12.9. The number of hydrogen-bond donors (Lipinski definition) is 1. The van der Waals surface area contributed by atoms with E-state index in [1.807, 2.05) is 12.1 Å². The summed E-state index contributed by atoms with van der Waals surface area (Å²) in [7, 11) is -3.88. The van der Waals surface area contributed by atoms with Crippen LogP contribution in [-0.2, 0) is 14.8 Å². The van der Waals surface area contributed by atoms with Crippen LogP contribution in [0.5, 0.6) is 5.75 Å². The highest BCUT2D eigenvalue weighted by molar-refractivity contribution is 7.90. The molecule has 0 bridgehead atoms. The quantitative estimate of drug-likeness (QED) is 0.524. The summed E-state index contributed by atoms with van der Waals surface area (Å²) >= 11 is 12.1. The average Bonchev–Trinajstić information content (AvgIpc) is 2.81. The molecule has 0 unspecified atom stereocenters. The van der Waals surface area contributed by atoms with Crippen molar-refractivity contribution < 1.29 is 17.9 Å². The third kappa shape index (κ3) is 6.31. The second-order valence-corrected chi connectivity index (χ2v) is 12.1. The summed E-state index contributed by atoms with van der Waals surface area (Å²) in [6, 6.07) is 11.1. The van der Waals surface area contributed by atoms with Crippen molar-refractivity contribution in [3.8, 4) is 5.75 Å². The number of hydrogen-bond acceptors (Lipinski definition) is 5. The van der Waals surface area contributed by atoms with E-state index in [-0.39, 0.29) is 22.8 Å². The second-order valence-electron chi connectivity index (χ2n) is 9.63. The van der Waals surface area contributed by atoms with Gasteiger partial charge < -0.3 is 9.64 Å². The minimum Gasteiger partial charge on any atom is -0.490 e. The molecule has 0 aromatic heterocycles. The number of nitrogens with zero attached hydrogens (tertiary/aromatic N) is 1. The molecule has 2 aliphatic rings. The van der Waals surface area contributed by atoms with E-state index >= 15 is 0 Å². The highest BCUT2D eigenvalue weighted by Crippen LogP contribution is 2.32. The number of rotatable bonds is 6. The molecule has 6 nitrogen and oxygen atoms in total. The number of sulfonamides is 1. The Bertz CT molecular complexity index is 1150. The van der Waals surface area contributed by atoms with Crippen LogP contribution in [0, 0.1) is 19.8 Å². The second kappa shape index (κ2) is 11.1. The lowest BCUT2D eigenvalue weighted by atomic mass is 9.84. The highest BCUT2D eigenvalue weighted by Gasteiger charge is 2.33. The Morgan fingerprint density at radius 1 is 0.943 bits per heavy atom. The molecule has 0 radical (unpaired) electrons. The standard InChI is InChI=1S/C26H32Cl2N2O4S/c1-17-4-3-5-18(2)25(17)35(32,33)29-26(31)19-6-8-20(9-7-19)30-14-12-21(13-15-30)34-22-10-11-23(27)24(28)16-22/h3-5,10-11,16,19-21H,6-9,12-15H2,1-2H3,(H,29,31)/t19-,20-. The largest absolute Gasteiger partial charge is 0.490 e. The fourth-order valence-corrected chi connectivity index (χ4v) is 7.10. The summed E-state index contributed by atoms with van der Waals surface area (Å²) in [5, 5.41) is 1.00. The molecule has 0 atom stereocenters. The van der Waals surface area contributed by atoms with Crippen LogP contribution < -0.4 is 9.46 Å². The van der Waals surface area contributed by atoms with Gasteiger partial charge in [-0.25, -0.2) is 13.1 Å². The summed E-state index contributed by atoms with van der Waals surface area (Å²) < 4.78 is 34.2. The third-order valence-corrected chi connectivity index (χ3v) is 9.56. The molecule has 0 spiro atoms. The molecule has 1 N–H and O–H groups in total. The Hall–Kier alpha value is -1.80. The first-order valence-electron chi connectivity index (χ1n) is 12.1. The monoisotopic (exact) mass is 538 g/mol. The normalized spacial score (nSPS) is 22.1. The van der Waals surface area contributed by atoms with Gasteiger partial charge in [-0.05, 0) is 75.6 Å². The Kier molecular flexibility index (Phi) is 8.31. The van der Waals surface area contributed by atoms with Crippen molar-refractivity contribution in [2.24, 2.45) is 5.92 Å². The summed E-state index contributed by atoms with van der Waals surface area (Å²) in [6.45, 7) is 5.37. The van der Waals surface area contributed by atoms with Gasteiger partial charge in [-0.3, -0.25) is 4.79 Å². The van der Waals surface area contributed by atoms with Gasteiger partial charge in [0, 0.05) is 31.1 Å². The Balaban J connectivity index is 1.25. The van der Waals surface area contributed by atoms with Crippen LogP contribution in [0.15, 0.2) is 41.3 Å². The van der Waals surface area contributed by atoms with Crippen LogP contribution in [0.2, 0.25) is 10.0 Å². The molecule has 1 heterocycles. The Morgan fingerprint density at radius 3 is 2.17 bits per heavy atom. The first kappa shape index (κ1) is 26.3.